The summed E-state index contributed by atoms with van der Waals surface area (Å²) in [6.07, 6.45) is 0. The predicted molar refractivity (Wildman–Crippen MR) is 221 cm³/mol. The van der Waals surface area contributed by atoms with E-state index in [0.717, 1.165) is 0 Å². The molecule has 2 heterocycles. The van der Waals surface area contributed by atoms with Gasteiger partial charge in [0.2, 0.25) is 0 Å². The molecular formula is C50H36N2. The van der Waals surface area contributed by atoms with Gasteiger partial charge in [0.1, 0.15) is 0 Å². The van der Waals surface area contributed by atoms with Crippen LogP contribution in [0.3, 0.4) is 0 Å². The van der Waals surface area contributed by atoms with Gasteiger partial charge in [-0.25, -0.2) is 0 Å². The number of fused-ring (bicyclic) bond motifs is 6. The maximum Gasteiger partial charge on any atom is 0.0544 e. The van der Waals surface area contributed by atoms with Crippen molar-refractivity contribution in [3.8, 4) is 44.8 Å². The van der Waals surface area contributed by atoms with Crippen molar-refractivity contribution in [3.05, 3.63) is 193 Å². The number of aryl methyl sites for hydroxylation is 2. The molecule has 0 atom stereocenters. The van der Waals surface area contributed by atoms with Crippen LogP contribution < -0.4 is 0 Å². The van der Waals surface area contributed by atoms with Crippen molar-refractivity contribution < 1.29 is 0 Å². The molecule has 0 aliphatic heterocycles. The van der Waals surface area contributed by atoms with Crippen LogP contribution in [-0.2, 0) is 0 Å². The third-order valence-electron chi connectivity index (χ3n) is 10.9. The number of nitrogens with zero attached hydrogens (tertiary/aromatic N) is 2. The molecule has 0 bridgehead atoms. The molecule has 0 aliphatic carbocycles. The lowest BCUT2D eigenvalue weighted by Crippen LogP contribution is -1.95. The van der Waals surface area contributed by atoms with Gasteiger partial charge in [-0.1, -0.05) is 121 Å². The van der Waals surface area contributed by atoms with E-state index in [9.17, 15) is 0 Å². The Bertz CT molecular complexity index is 2730. The zero-order valence-electron chi connectivity index (χ0n) is 29.2. The van der Waals surface area contributed by atoms with Gasteiger partial charge in [0.05, 0.1) is 22.1 Å². The first-order valence-electron chi connectivity index (χ1n) is 18.0. The van der Waals surface area contributed by atoms with E-state index in [1.165, 1.54) is 99.5 Å². The summed E-state index contributed by atoms with van der Waals surface area (Å²) >= 11 is 0. The molecule has 0 radical (unpaired) electrons. The maximum atomic E-state index is 2.42. The van der Waals surface area contributed by atoms with Crippen molar-refractivity contribution in [2.45, 2.75) is 13.8 Å². The number of rotatable bonds is 5. The van der Waals surface area contributed by atoms with Gasteiger partial charge >= 0.3 is 0 Å². The van der Waals surface area contributed by atoms with Gasteiger partial charge in [-0.05, 0) is 119 Å². The summed E-state index contributed by atoms with van der Waals surface area (Å²) in [6.45, 7) is 4.62. The van der Waals surface area contributed by atoms with Crippen LogP contribution in [0.4, 0.5) is 0 Å². The van der Waals surface area contributed by atoms with Gasteiger partial charge < -0.3 is 9.13 Å². The SMILES string of the molecule is Cc1c(-c2ccc3c(c2C)c2cc(-c4ccccc4)ccc2n3-c2ccccc2)ccc2c1c1cc(-c3ccccc3)ccc1n2-c1ccccc1. The highest BCUT2D eigenvalue weighted by atomic mass is 15.0. The van der Waals surface area contributed by atoms with E-state index in [1.54, 1.807) is 0 Å². The van der Waals surface area contributed by atoms with E-state index in [0.29, 0.717) is 0 Å². The van der Waals surface area contributed by atoms with E-state index in [-0.39, 0.29) is 0 Å². The van der Waals surface area contributed by atoms with Crippen LogP contribution in [0, 0.1) is 13.8 Å². The molecule has 246 valence electrons. The quantitative estimate of drug-likeness (QED) is 0.173. The molecule has 0 saturated carbocycles. The molecular weight excluding hydrogens is 629 g/mol. The van der Waals surface area contributed by atoms with E-state index in [2.05, 4.69) is 205 Å². The molecule has 2 heteroatoms. The fourth-order valence-electron chi connectivity index (χ4n) is 8.48. The summed E-state index contributed by atoms with van der Waals surface area (Å²) in [5.41, 5.74) is 17.2. The Morgan fingerprint density at radius 2 is 0.654 bits per heavy atom. The Kier molecular flexibility index (Phi) is 6.97. The van der Waals surface area contributed by atoms with E-state index >= 15 is 0 Å². The molecule has 2 aromatic heterocycles. The minimum atomic E-state index is 1.17. The normalized spacial score (nSPS) is 11.7. The Morgan fingerprint density at radius 3 is 1.04 bits per heavy atom. The van der Waals surface area contributed by atoms with E-state index < -0.39 is 0 Å². The lowest BCUT2D eigenvalue weighted by atomic mass is 9.91. The molecule has 0 unspecified atom stereocenters. The van der Waals surface area contributed by atoms with Crippen LogP contribution in [0.2, 0.25) is 0 Å². The summed E-state index contributed by atoms with van der Waals surface area (Å²) in [4.78, 5) is 0. The van der Waals surface area contributed by atoms with Crippen LogP contribution in [-0.4, -0.2) is 9.13 Å². The minimum Gasteiger partial charge on any atom is -0.309 e. The summed E-state index contributed by atoms with van der Waals surface area (Å²) in [5, 5.41) is 5.14. The third kappa shape index (κ3) is 4.65. The summed E-state index contributed by atoms with van der Waals surface area (Å²) in [5.74, 6) is 0. The summed E-state index contributed by atoms with van der Waals surface area (Å²) in [6, 6.07) is 66.2. The minimum absolute atomic E-state index is 1.17. The first-order valence-corrected chi connectivity index (χ1v) is 18.0. The van der Waals surface area contributed by atoms with Gasteiger partial charge in [-0.15, -0.1) is 0 Å². The predicted octanol–water partition coefficient (Wildman–Crippen LogP) is 13.5. The van der Waals surface area contributed by atoms with E-state index in [4.69, 9.17) is 0 Å². The number of hydrogen-bond acceptors (Lipinski definition) is 0. The maximum absolute atomic E-state index is 2.42. The number of hydrogen-bond donors (Lipinski definition) is 0. The van der Waals surface area contributed by atoms with Gasteiger partial charge in [-0.2, -0.15) is 0 Å². The Labute approximate surface area is 303 Å². The van der Waals surface area contributed by atoms with Crippen LogP contribution in [0.5, 0.6) is 0 Å². The van der Waals surface area contributed by atoms with Gasteiger partial charge in [-0.3, -0.25) is 0 Å². The lowest BCUT2D eigenvalue weighted by Gasteiger charge is -2.14. The Morgan fingerprint density at radius 1 is 0.308 bits per heavy atom. The van der Waals surface area contributed by atoms with Gasteiger partial charge in [0.15, 0.2) is 0 Å². The average Bonchev–Trinajstić information content (AvgIpc) is 3.73. The molecule has 0 spiro atoms. The fourth-order valence-corrected chi connectivity index (χ4v) is 8.48. The molecule has 0 amide bonds. The molecule has 8 aromatic carbocycles. The third-order valence-corrected chi connectivity index (χ3v) is 10.9. The summed E-state index contributed by atoms with van der Waals surface area (Å²) < 4.78 is 4.84. The van der Waals surface area contributed by atoms with E-state index in [1.807, 2.05) is 0 Å². The highest BCUT2D eigenvalue weighted by Crippen LogP contribution is 2.44. The second kappa shape index (κ2) is 12.0. The largest absolute Gasteiger partial charge is 0.309 e. The first kappa shape index (κ1) is 30.2. The monoisotopic (exact) mass is 664 g/mol. The van der Waals surface area contributed by atoms with Crippen LogP contribution in [0.1, 0.15) is 11.1 Å². The molecule has 52 heavy (non-hydrogen) atoms. The van der Waals surface area contributed by atoms with Crippen molar-refractivity contribution in [1.29, 1.82) is 0 Å². The molecule has 0 N–H and O–H groups in total. The van der Waals surface area contributed by atoms with Gasteiger partial charge in [0.25, 0.3) is 0 Å². The summed E-state index contributed by atoms with van der Waals surface area (Å²) in [7, 11) is 0. The van der Waals surface area contributed by atoms with Crippen molar-refractivity contribution in [2.75, 3.05) is 0 Å². The Balaban J connectivity index is 1.25. The zero-order chi connectivity index (χ0) is 34.8. The van der Waals surface area contributed by atoms with Crippen molar-refractivity contribution in [1.82, 2.24) is 9.13 Å². The van der Waals surface area contributed by atoms with Crippen molar-refractivity contribution in [2.24, 2.45) is 0 Å². The standard InChI is InChI=1S/C50H36N2/c1-33-41(25-29-47-49(33)43-31-37(35-15-7-3-8-16-35)23-27-45(43)51(47)39-19-11-5-12-20-39)42-26-30-48-50(34(42)2)44-32-38(36-17-9-4-10-18-36)24-28-46(44)52(48)40-21-13-6-14-22-40/h3-32H,1-2H3. The molecule has 2 nitrogen and oxygen atoms in total. The molecule has 0 saturated heterocycles. The molecule has 0 aliphatic rings. The fraction of sp³-hybridized carbons (Fsp3) is 0.0400. The van der Waals surface area contributed by atoms with Gasteiger partial charge in [0, 0.05) is 32.9 Å². The van der Waals surface area contributed by atoms with Crippen molar-refractivity contribution in [3.63, 3.8) is 0 Å². The first-order chi connectivity index (χ1) is 25.7. The number of aromatic nitrogens is 2. The average molecular weight is 665 g/mol. The molecule has 0 fully saturated rings. The van der Waals surface area contributed by atoms with Crippen LogP contribution in [0.25, 0.3) is 88.4 Å². The highest BCUT2D eigenvalue weighted by Gasteiger charge is 2.21. The molecule has 10 aromatic rings. The smallest absolute Gasteiger partial charge is 0.0544 e. The molecule has 10 rings (SSSR count). The topological polar surface area (TPSA) is 9.86 Å². The number of para-hydroxylation sites is 2. The zero-order valence-corrected chi connectivity index (χ0v) is 29.2. The second-order valence-electron chi connectivity index (χ2n) is 13.8. The Hall–Kier alpha value is -6.64. The highest BCUT2D eigenvalue weighted by molar-refractivity contribution is 6.16. The lowest BCUT2D eigenvalue weighted by molar-refractivity contribution is 1.18. The number of benzene rings is 8. The van der Waals surface area contributed by atoms with Crippen molar-refractivity contribution >= 4 is 43.6 Å². The van der Waals surface area contributed by atoms with Crippen LogP contribution >= 0.6 is 0 Å². The van der Waals surface area contributed by atoms with Crippen LogP contribution in [0.15, 0.2) is 182 Å². The second-order valence-corrected chi connectivity index (χ2v) is 13.8.